The van der Waals surface area contributed by atoms with E-state index >= 15 is 0 Å². The maximum atomic E-state index is 12.9. The predicted octanol–water partition coefficient (Wildman–Crippen LogP) is 3.66. The molecule has 0 aliphatic heterocycles. The van der Waals surface area contributed by atoms with Crippen molar-refractivity contribution in [1.82, 2.24) is 5.32 Å². The summed E-state index contributed by atoms with van der Waals surface area (Å²) in [4.78, 5) is 16.8. The Kier molecular flexibility index (Phi) is 7.67. The lowest BCUT2D eigenvalue weighted by molar-refractivity contribution is -0.126. The van der Waals surface area contributed by atoms with Crippen molar-refractivity contribution in [3.8, 4) is 11.5 Å². The summed E-state index contributed by atoms with van der Waals surface area (Å²) >= 11 is 0. The van der Waals surface area contributed by atoms with Crippen molar-refractivity contribution in [3.05, 3.63) is 59.4 Å². The van der Waals surface area contributed by atoms with Crippen LogP contribution in [-0.2, 0) is 9.63 Å². The number of nitrogens with zero attached hydrogens (tertiary/aromatic N) is 1. The fourth-order valence-corrected chi connectivity index (χ4v) is 2.27. The summed E-state index contributed by atoms with van der Waals surface area (Å²) < 4.78 is 46.8. The van der Waals surface area contributed by atoms with E-state index in [1.54, 1.807) is 19.1 Å². The number of benzene rings is 2. The molecule has 6 nitrogen and oxygen atoms in total. The van der Waals surface area contributed by atoms with E-state index < -0.39 is 12.5 Å². The average Bonchev–Trinajstić information content (AvgIpc) is 2.66. The van der Waals surface area contributed by atoms with Gasteiger partial charge in [0, 0.05) is 5.56 Å². The molecule has 0 aromatic heterocycles. The summed E-state index contributed by atoms with van der Waals surface area (Å²) in [6.07, 6.45) is 1.30. The van der Waals surface area contributed by atoms with Crippen LogP contribution in [0.4, 0.5) is 13.2 Å². The van der Waals surface area contributed by atoms with E-state index in [1.807, 2.05) is 0 Å². The van der Waals surface area contributed by atoms with Gasteiger partial charge in [0.2, 0.25) is 0 Å². The molecular weight excluding hydrogens is 377 g/mol. The summed E-state index contributed by atoms with van der Waals surface area (Å²) in [5, 5.41) is 6.35. The highest BCUT2D eigenvalue weighted by Crippen LogP contribution is 2.28. The average molecular weight is 396 g/mol. The number of halogens is 3. The zero-order chi connectivity index (χ0) is 20.5. The Morgan fingerprint density at radius 3 is 2.54 bits per heavy atom. The molecule has 1 atom stereocenters. The lowest BCUT2D eigenvalue weighted by Gasteiger charge is -2.13. The number of alkyl halides is 2. The molecule has 2 rings (SSSR count). The summed E-state index contributed by atoms with van der Waals surface area (Å²) in [5.74, 6) is -0.766. The van der Waals surface area contributed by atoms with Gasteiger partial charge in [-0.3, -0.25) is 4.79 Å². The number of oxime groups is 1. The highest BCUT2D eigenvalue weighted by Gasteiger charge is 2.11. The topological polar surface area (TPSA) is 69.2 Å². The van der Waals surface area contributed by atoms with Crippen LogP contribution < -0.4 is 14.8 Å². The van der Waals surface area contributed by atoms with Crippen LogP contribution in [0.1, 0.15) is 24.1 Å². The molecule has 1 unspecified atom stereocenters. The second-order valence-electron chi connectivity index (χ2n) is 5.64. The zero-order valence-corrected chi connectivity index (χ0v) is 15.2. The van der Waals surface area contributed by atoms with Gasteiger partial charge in [-0.25, -0.2) is 4.39 Å². The molecule has 0 fully saturated rings. The van der Waals surface area contributed by atoms with Crippen molar-refractivity contribution in [1.29, 1.82) is 0 Å². The predicted molar refractivity (Wildman–Crippen MR) is 96.1 cm³/mol. The van der Waals surface area contributed by atoms with E-state index in [0.29, 0.717) is 5.56 Å². The lowest BCUT2D eigenvalue weighted by atomic mass is 10.1. The third kappa shape index (κ3) is 6.49. The maximum Gasteiger partial charge on any atom is 0.387 e. The van der Waals surface area contributed by atoms with Crippen molar-refractivity contribution in [3.63, 3.8) is 0 Å². The minimum Gasteiger partial charge on any atom is -0.493 e. The monoisotopic (exact) mass is 396 g/mol. The highest BCUT2D eigenvalue weighted by molar-refractivity contribution is 5.81. The van der Waals surface area contributed by atoms with E-state index in [1.165, 1.54) is 43.7 Å². The van der Waals surface area contributed by atoms with Gasteiger partial charge in [0.05, 0.1) is 19.4 Å². The van der Waals surface area contributed by atoms with Crippen LogP contribution >= 0.6 is 0 Å². The number of hydrogen-bond acceptors (Lipinski definition) is 5. The van der Waals surface area contributed by atoms with E-state index in [2.05, 4.69) is 15.2 Å². The largest absolute Gasteiger partial charge is 0.493 e. The Morgan fingerprint density at radius 1 is 1.18 bits per heavy atom. The smallest absolute Gasteiger partial charge is 0.387 e. The van der Waals surface area contributed by atoms with Crippen molar-refractivity contribution in [2.24, 2.45) is 5.16 Å². The fraction of sp³-hybridized carbons (Fsp3) is 0.263. The standard InChI is InChI=1S/C19H19F3N2O4/c1-12(14-4-6-15(20)7-5-14)24-18(25)11-27-23-10-13-3-8-16(28-19(21)22)17(9-13)26-2/h3-10,12,19H,11H2,1-2H3,(H,24,25)/b23-10+. The number of carbonyl (C=O) groups is 1. The van der Waals surface area contributed by atoms with Crippen molar-refractivity contribution < 1.29 is 32.3 Å². The van der Waals surface area contributed by atoms with Crippen LogP contribution in [0.25, 0.3) is 0 Å². The Hall–Kier alpha value is -3.23. The van der Waals surface area contributed by atoms with Crippen LogP contribution in [0, 0.1) is 5.82 Å². The molecule has 0 heterocycles. The third-order valence-electron chi connectivity index (χ3n) is 3.62. The number of hydrogen-bond donors (Lipinski definition) is 1. The maximum absolute atomic E-state index is 12.9. The number of ether oxygens (including phenoxy) is 2. The lowest BCUT2D eigenvalue weighted by Crippen LogP contribution is -2.29. The van der Waals surface area contributed by atoms with Gasteiger partial charge in [0.15, 0.2) is 18.1 Å². The summed E-state index contributed by atoms with van der Waals surface area (Å²) in [6, 6.07) is 9.67. The summed E-state index contributed by atoms with van der Waals surface area (Å²) in [6.45, 7) is -1.54. The van der Waals surface area contributed by atoms with Gasteiger partial charge < -0.3 is 19.6 Å². The van der Waals surface area contributed by atoms with Crippen molar-refractivity contribution >= 4 is 12.1 Å². The molecule has 2 aromatic rings. The second-order valence-corrected chi connectivity index (χ2v) is 5.64. The molecule has 1 N–H and O–H groups in total. The van der Waals surface area contributed by atoms with Gasteiger partial charge in [-0.2, -0.15) is 8.78 Å². The molecule has 2 aromatic carbocycles. The molecule has 0 aliphatic carbocycles. The van der Waals surface area contributed by atoms with Gasteiger partial charge in [-0.15, -0.1) is 0 Å². The Morgan fingerprint density at radius 2 is 1.89 bits per heavy atom. The zero-order valence-electron chi connectivity index (χ0n) is 15.2. The first-order valence-electron chi connectivity index (χ1n) is 8.22. The Labute approximate surface area is 159 Å². The van der Waals surface area contributed by atoms with Crippen LogP contribution in [0.2, 0.25) is 0 Å². The fourth-order valence-electron chi connectivity index (χ4n) is 2.27. The van der Waals surface area contributed by atoms with Gasteiger partial charge in [0.1, 0.15) is 5.82 Å². The molecule has 0 bridgehead atoms. The molecule has 0 aliphatic rings. The van der Waals surface area contributed by atoms with Gasteiger partial charge >= 0.3 is 6.61 Å². The highest BCUT2D eigenvalue weighted by atomic mass is 19.3. The minimum absolute atomic E-state index is 0.107. The normalized spacial score (nSPS) is 12.1. The van der Waals surface area contributed by atoms with Crippen LogP contribution in [0.15, 0.2) is 47.6 Å². The number of nitrogens with one attached hydrogen (secondary N) is 1. The van der Waals surface area contributed by atoms with Crippen molar-refractivity contribution in [2.75, 3.05) is 13.7 Å². The van der Waals surface area contributed by atoms with Gasteiger partial charge in [0.25, 0.3) is 5.91 Å². The third-order valence-corrected chi connectivity index (χ3v) is 3.62. The van der Waals surface area contributed by atoms with E-state index in [-0.39, 0.29) is 30.0 Å². The van der Waals surface area contributed by atoms with Gasteiger partial charge in [-0.1, -0.05) is 17.3 Å². The molecule has 28 heavy (non-hydrogen) atoms. The Bertz CT molecular complexity index is 813. The van der Waals surface area contributed by atoms with Crippen molar-refractivity contribution in [2.45, 2.75) is 19.6 Å². The first-order chi connectivity index (χ1) is 13.4. The SMILES string of the molecule is COc1cc(/C=N/OCC(=O)NC(C)c2ccc(F)cc2)ccc1OC(F)F. The van der Waals surface area contributed by atoms with Gasteiger partial charge in [-0.05, 0) is 42.8 Å². The van der Waals surface area contributed by atoms with E-state index in [9.17, 15) is 18.0 Å². The number of amides is 1. The molecule has 0 radical (unpaired) electrons. The summed E-state index contributed by atoms with van der Waals surface area (Å²) in [5.41, 5.74) is 1.25. The quantitative estimate of drug-likeness (QED) is 0.519. The number of methoxy groups -OCH3 is 1. The molecule has 150 valence electrons. The first kappa shape index (κ1) is 21.1. The molecular formula is C19H19F3N2O4. The molecule has 1 amide bonds. The second kappa shape index (κ2) is 10.2. The number of rotatable bonds is 9. The van der Waals surface area contributed by atoms with Crippen LogP contribution in [0.5, 0.6) is 11.5 Å². The molecule has 9 heteroatoms. The minimum atomic E-state index is -2.97. The molecule has 0 saturated heterocycles. The molecule has 0 saturated carbocycles. The number of carbonyl (C=O) groups excluding carboxylic acids is 1. The van der Waals surface area contributed by atoms with Crippen LogP contribution in [0.3, 0.4) is 0 Å². The van der Waals surface area contributed by atoms with E-state index in [0.717, 1.165) is 5.56 Å². The molecule has 0 spiro atoms. The van der Waals surface area contributed by atoms with Crippen LogP contribution in [-0.4, -0.2) is 32.4 Å². The summed E-state index contributed by atoms with van der Waals surface area (Å²) in [7, 11) is 1.32. The van der Waals surface area contributed by atoms with E-state index in [4.69, 9.17) is 9.57 Å². The first-order valence-corrected chi connectivity index (χ1v) is 8.22. The Balaban J connectivity index is 1.84.